The third-order valence-corrected chi connectivity index (χ3v) is 11.5. The lowest BCUT2D eigenvalue weighted by molar-refractivity contribution is -0.156. The highest BCUT2D eigenvalue weighted by Crippen LogP contribution is 2.46. The zero-order chi connectivity index (χ0) is 42.8. The van der Waals surface area contributed by atoms with Crippen LogP contribution in [0.2, 0.25) is 0 Å². The number of carboxylic acid groups (broad SMARTS) is 1. The Bertz CT molecular complexity index is 979. The Balaban J connectivity index is 0. The molecule has 5 atom stereocenters. The smallest absolute Gasteiger partial charge is 0.309 e. The van der Waals surface area contributed by atoms with Crippen molar-refractivity contribution in [2.45, 2.75) is 223 Å². The molecule has 9 heteroatoms. The van der Waals surface area contributed by atoms with Crippen molar-refractivity contribution >= 4 is 23.9 Å². The van der Waals surface area contributed by atoms with Crippen molar-refractivity contribution in [1.82, 2.24) is 0 Å². The number of unbranched alkanes of at least 4 members (excludes halogenated alkanes) is 15. The van der Waals surface area contributed by atoms with Crippen molar-refractivity contribution in [3.8, 4) is 0 Å². The molecule has 0 heterocycles. The van der Waals surface area contributed by atoms with E-state index in [-0.39, 0.29) is 55.0 Å². The summed E-state index contributed by atoms with van der Waals surface area (Å²) in [6, 6.07) is 0. The minimum absolute atomic E-state index is 0.0186. The number of aliphatic carboxylic acids is 1. The van der Waals surface area contributed by atoms with Gasteiger partial charge >= 0.3 is 23.9 Å². The largest absolute Gasteiger partial charge is 0.481 e. The van der Waals surface area contributed by atoms with Gasteiger partial charge in [0.05, 0.1) is 36.4 Å². The molecule has 2 N–H and O–H groups in total. The number of carboxylic acids is 1. The lowest BCUT2D eigenvalue weighted by Gasteiger charge is -2.23. The van der Waals surface area contributed by atoms with Gasteiger partial charge in [-0.3, -0.25) is 19.2 Å². The third-order valence-electron chi connectivity index (χ3n) is 11.5. The van der Waals surface area contributed by atoms with E-state index in [4.69, 9.17) is 19.7 Å². The highest BCUT2D eigenvalue weighted by molar-refractivity contribution is 5.73. The number of carbonyl (C=O) groups is 4. The summed E-state index contributed by atoms with van der Waals surface area (Å²) in [4.78, 5) is 43.9. The second-order valence-electron chi connectivity index (χ2n) is 17.3. The molecular formula is C47H90O9. The number of rotatable bonds is 27. The van der Waals surface area contributed by atoms with Crippen LogP contribution in [-0.4, -0.2) is 60.0 Å². The molecule has 332 valence electrons. The van der Waals surface area contributed by atoms with Crippen LogP contribution in [0.25, 0.3) is 0 Å². The Morgan fingerprint density at radius 3 is 1.39 bits per heavy atom. The topological polar surface area (TPSA) is 136 Å². The highest BCUT2D eigenvalue weighted by atomic mass is 16.5. The van der Waals surface area contributed by atoms with E-state index >= 15 is 0 Å². The summed E-state index contributed by atoms with van der Waals surface area (Å²) in [5, 5.41) is 16.7. The maximum Gasteiger partial charge on any atom is 0.309 e. The maximum atomic E-state index is 11.6. The number of aliphatic hydroxyl groups excluding tert-OH is 1. The molecular weight excluding hydrogens is 709 g/mol. The fraction of sp³-hybridized carbons (Fsp3) is 0.915. The number of ether oxygens (including phenoxy) is 3. The van der Waals surface area contributed by atoms with Crippen molar-refractivity contribution in [3.63, 3.8) is 0 Å². The van der Waals surface area contributed by atoms with Crippen LogP contribution in [0, 0.1) is 35.0 Å². The van der Waals surface area contributed by atoms with E-state index in [1.165, 1.54) is 116 Å². The molecule has 0 spiro atoms. The van der Waals surface area contributed by atoms with Gasteiger partial charge in [0.2, 0.25) is 0 Å². The molecule has 2 fully saturated rings. The fourth-order valence-corrected chi connectivity index (χ4v) is 6.36. The Hall–Kier alpha value is -2.16. The summed E-state index contributed by atoms with van der Waals surface area (Å²) in [7, 11) is 0. The van der Waals surface area contributed by atoms with Gasteiger partial charge in [-0.25, -0.2) is 0 Å². The van der Waals surface area contributed by atoms with E-state index in [0.29, 0.717) is 18.9 Å². The average molecular weight is 799 g/mol. The standard InChI is InChI=1S/C23H46O2.C12H20O2.C6H12O3.C6H12O2/c1-4-6-7-8-9-10-11-12-13-14-15-16-17-18-19-20-21-25-23(24)22(3)5-2;1-3-8(2)12(13)14-11-7-9-4-5-10(11)6-9;1-5(2)6(8)9-4-3-7;1-4-6(2,3)5(7)8/h22H,4-21H2,1-3H3;8-11H,3-7H2,1-2H3;5,7H,3-4H2,1-2H3;4H2,1-3H3,(H,7,8). The summed E-state index contributed by atoms with van der Waals surface area (Å²) >= 11 is 0. The van der Waals surface area contributed by atoms with Gasteiger partial charge < -0.3 is 24.4 Å². The predicted molar refractivity (Wildman–Crippen MR) is 229 cm³/mol. The SMILES string of the molecule is CC(C)C(=O)OCCO.CCC(C)(C)C(=O)O.CCC(C)C(=O)OC1CC2CCC1C2.CCCCCCCCCCCCCCCCCCOC(=O)C(C)CC. The number of hydrogen-bond acceptors (Lipinski definition) is 8. The van der Waals surface area contributed by atoms with E-state index in [1.807, 2.05) is 34.6 Å². The van der Waals surface area contributed by atoms with Crippen LogP contribution in [0.1, 0.15) is 217 Å². The number of carbonyl (C=O) groups excluding carboxylic acids is 3. The zero-order valence-electron chi connectivity index (χ0n) is 38.1. The van der Waals surface area contributed by atoms with Gasteiger partial charge in [0.1, 0.15) is 12.7 Å². The maximum absolute atomic E-state index is 11.6. The number of esters is 3. The van der Waals surface area contributed by atoms with E-state index in [9.17, 15) is 19.2 Å². The quantitative estimate of drug-likeness (QED) is 0.0472. The van der Waals surface area contributed by atoms with E-state index in [0.717, 1.165) is 31.6 Å². The Morgan fingerprint density at radius 2 is 1.05 bits per heavy atom. The molecule has 9 nitrogen and oxygen atoms in total. The summed E-state index contributed by atoms with van der Waals surface area (Å²) in [5.41, 5.74) is -0.542. The van der Waals surface area contributed by atoms with Crippen molar-refractivity contribution in [3.05, 3.63) is 0 Å². The van der Waals surface area contributed by atoms with Crippen molar-refractivity contribution in [2.24, 2.45) is 35.0 Å². The van der Waals surface area contributed by atoms with Crippen molar-refractivity contribution in [2.75, 3.05) is 19.8 Å². The molecule has 5 unspecified atom stereocenters. The van der Waals surface area contributed by atoms with E-state index in [1.54, 1.807) is 27.7 Å². The normalized spacial score (nSPS) is 18.0. The molecule has 0 aromatic rings. The molecule has 0 radical (unpaired) electrons. The number of aliphatic hydroxyl groups is 1. The predicted octanol–water partition coefficient (Wildman–Crippen LogP) is 12.3. The lowest BCUT2D eigenvalue weighted by Crippen LogP contribution is -2.26. The van der Waals surface area contributed by atoms with Gasteiger partial charge in [0.15, 0.2) is 0 Å². The van der Waals surface area contributed by atoms with Crippen molar-refractivity contribution in [1.29, 1.82) is 0 Å². The molecule has 2 aliphatic carbocycles. The van der Waals surface area contributed by atoms with Crippen LogP contribution in [0.3, 0.4) is 0 Å². The molecule has 2 rings (SSSR count). The molecule has 0 aromatic heterocycles. The molecule has 2 aliphatic rings. The molecule has 2 saturated carbocycles. The minimum Gasteiger partial charge on any atom is -0.481 e. The first-order valence-electron chi connectivity index (χ1n) is 23.0. The Labute approximate surface area is 344 Å². The number of hydrogen-bond donors (Lipinski definition) is 2. The van der Waals surface area contributed by atoms with Crippen LogP contribution in [0.4, 0.5) is 0 Å². The molecule has 0 amide bonds. The zero-order valence-corrected chi connectivity index (χ0v) is 38.1. The first kappa shape index (κ1) is 55.9. The first-order chi connectivity index (χ1) is 26.6. The van der Waals surface area contributed by atoms with Crippen LogP contribution < -0.4 is 0 Å². The molecule has 2 bridgehead atoms. The summed E-state index contributed by atoms with van der Waals surface area (Å²) in [6.07, 6.45) is 29.7. The van der Waals surface area contributed by atoms with Gasteiger partial charge in [0, 0.05) is 0 Å². The lowest BCUT2D eigenvalue weighted by atomic mass is 9.91. The Kier molecular flexibility index (Phi) is 35.9. The van der Waals surface area contributed by atoms with Gasteiger partial charge in [0.25, 0.3) is 0 Å². The third kappa shape index (κ3) is 30.0. The molecule has 56 heavy (non-hydrogen) atoms. The monoisotopic (exact) mass is 799 g/mol. The van der Waals surface area contributed by atoms with Crippen LogP contribution >= 0.6 is 0 Å². The Morgan fingerprint density at radius 1 is 0.607 bits per heavy atom. The first-order valence-corrected chi connectivity index (χ1v) is 23.0. The van der Waals surface area contributed by atoms with Gasteiger partial charge in [-0.05, 0) is 77.0 Å². The molecule has 0 aromatic carbocycles. The van der Waals surface area contributed by atoms with Crippen LogP contribution in [-0.2, 0) is 33.4 Å². The van der Waals surface area contributed by atoms with Gasteiger partial charge in [-0.2, -0.15) is 0 Å². The van der Waals surface area contributed by atoms with Crippen molar-refractivity contribution < 1.29 is 43.6 Å². The molecule has 0 aliphatic heterocycles. The average Bonchev–Trinajstić information content (AvgIpc) is 3.81. The number of fused-ring (bicyclic) bond motifs is 2. The minimum atomic E-state index is -0.722. The molecule has 0 saturated heterocycles. The fourth-order valence-electron chi connectivity index (χ4n) is 6.36. The summed E-state index contributed by atoms with van der Waals surface area (Å²) in [6.45, 7) is 19.7. The van der Waals surface area contributed by atoms with Gasteiger partial charge in [-0.15, -0.1) is 0 Å². The second kappa shape index (κ2) is 36.0. The second-order valence-corrected chi connectivity index (χ2v) is 17.3. The van der Waals surface area contributed by atoms with Crippen LogP contribution in [0.15, 0.2) is 0 Å². The van der Waals surface area contributed by atoms with E-state index in [2.05, 4.69) is 11.7 Å². The van der Waals surface area contributed by atoms with E-state index < -0.39 is 11.4 Å². The highest BCUT2D eigenvalue weighted by Gasteiger charge is 2.42. The van der Waals surface area contributed by atoms with Crippen LogP contribution in [0.5, 0.6) is 0 Å². The summed E-state index contributed by atoms with van der Waals surface area (Å²) < 4.78 is 15.4. The van der Waals surface area contributed by atoms with Gasteiger partial charge in [-0.1, -0.05) is 152 Å². The summed E-state index contributed by atoms with van der Waals surface area (Å²) in [5.74, 6) is 0.590.